The number of carbonyl (C=O) groups excluding carboxylic acids is 1. The van der Waals surface area contributed by atoms with E-state index in [1.165, 1.54) is 24.0 Å². The van der Waals surface area contributed by atoms with E-state index in [9.17, 15) is 4.79 Å². The SMILES string of the molecule is CCCCCC(=O)C1CCc2ccccc2C1. The first-order valence-corrected chi connectivity index (χ1v) is 6.90. The van der Waals surface area contributed by atoms with Crippen molar-refractivity contribution in [3.63, 3.8) is 0 Å². The maximum absolute atomic E-state index is 12.1. The van der Waals surface area contributed by atoms with E-state index in [0.717, 1.165) is 32.1 Å². The highest BCUT2D eigenvalue weighted by Crippen LogP contribution is 2.27. The van der Waals surface area contributed by atoms with Crippen LogP contribution in [0.5, 0.6) is 0 Å². The first-order valence-electron chi connectivity index (χ1n) is 6.90. The molecule has 1 unspecified atom stereocenters. The molecule has 1 nitrogen and oxygen atoms in total. The molecule has 1 aliphatic carbocycles. The maximum atomic E-state index is 12.1. The van der Waals surface area contributed by atoms with E-state index in [1.54, 1.807) is 0 Å². The summed E-state index contributed by atoms with van der Waals surface area (Å²) in [6.07, 6.45) is 7.37. The van der Waals surface area contributed by atoms with E-state index < -0.39 is 0 Å². The Balaban J connectivity index is 1.91. The zero-order valence-electron chi connectivity index (χ0n) is 10.7. The molecular weight excluding hydrogens is 208 g/mol. The predicted molar refractivity (Wildman–Crippen MR) is 71.1 cm³/mol. The summed E-state index contributed by atoms with van der Waals surface area (Å²) in [6, 6.07) is 8.57. The lowest BCUT2D eigenvalue weighted by atomic mass is 9.80. The Kier molecular flexibility index (Phi) is 4.36. The Morgan fingerprint density at radius 1 is 1.24 bits per heavy atom. The summed E-state index contributed by atoms with van der Waals surface area (Å²) in [5, 5.41) is 0. The molecule has 92 valence electrons. The largest absolute Gasteiger partial charge is 0.299 e. The van der Waals surface area contributed by atoms with Crippen molar-refractivity contribution in [2.75, 3.05) is 0 Å². The molecule has 1 aromatic rings. The van der Waals surface area contributed by atoms with Gasteiger partial charge in [-0.25, -0.2) is 0 Å². The van der Waals surface area contributed by atoms with E-state index in [1.807, 2.05) is 0 Å². The number of hydrogen-bond donors (Lipinski definition) is 0. The molecule has 1 atom stereocenters. The first-order chi connectivity index (χ1) is 8.31. The van der Waals surface area contributed by atoms with Crippen LogP contribution >= 0.6 is 0 Å². The van der Waals surface area contributed by atoms with Gasteiger partial charge in [0.25, 0.3) is 0 Å². The van der Waals surface area contributed by atoms with E-state index in [0.29, 0.717) is 11.7 Å². The highest BCUT2D eigenvalue weighted by atomic mass is 16.1. The fourth-order valence-corrected chi connectivity index (χ4v) is 2.73. The van der Waals surface area contributed by atoms with Crippen LogP contribution in [0, 0.1) is 5.92 Å². The van der Waals surface area contributed by atoms with Gasteiger partial charge in [-0.1, -0.05) is 44.0 Å². The number of benzene rings is 1. The van der Waals surface area contributed by atoms with Gasteiger partial charge in [-0.2, -0.15) is 0 Å². The van der Waals surface area contributed by atoms with E-state index in [2.05, 4.69) is 31.2 Å². The molecule has 1 aliphatic rings. The monoisotopic (exact) mass is 230 g/mol. The van der Waals surface area contributed by atoms with Crippen molar-refractivity contribution in [3.8, 4) is 0 Å². The third-order valence-electron chi connectivity index (χ3n) is 3.83. The van der Waals surface area contributed by atoms with E-state index >= 15 is 0 Å². The van der Waals surface area contributed by atoms with Gasteiger partial charge in [-0.05, 0) is 36.8 Å². The molecule has 1 heteroatoms. The lowest BCUT2D eigenvalue weighted by Gasteiger charge is -2.23. The summed E-state index contributed by atoms with van der Waals surface area (Å²) < 4.78 is 0. The molecule has 0 heterocycles. The average Bonchev–Trinajstić information content (AvgIpc) is 2.38. The molecule has 0 spiro atoms. The molecule has 0 radical (unpaired) electrons. The van der Waals surface area contributed by atoms with Crippen LogP contribution in [0.15, 0.2) is 24.3 Å². The second-order valence-corrected chi connectivity index (χ2v) is 5.13. The van der Waals surface area contributed by atoms with Crippen LogP contribution in [-0.4, -0.2) is 5.78 Å². The van der Waals surface area contributed by atoms with Crippen molar-refractivity contribution in [3.05, 3.63) is 35.4 Å². The first kappa shape index (κ1) is 12.3. The Bertz CT molecular complexity index is 381. The Hall–Kier alpha value is -1.11. The van der Waals surface area contributed by atoms with Crippen LogP contribution in [0.3, 0.4) is 0 Å². The summed E-state index contributed by atoms with van der Waals surface area (Å²) in [7, 11) is 0. The summed E-state index contributed by atoms with van der Waals surface area (Å²) in [6.45, 7) is 2.18. The highest BCUT2D eigenvalue weighted by Gasteiger charge is 2.23. The van der Waals surface area contributed by atoms with Gasteiger partial charge >= 0.3 is 0 Å². The number of carbonyl (C=O) groups is 1. The lowest BCUT2D eigenvalue weighted by molar-refractivity contribution is -0.123. The molecule has 0 amide bonds. The van der Waals surface area contributed by atoms with Crippen molar-refractivity contribution >= 4 is 5.78 Å². The minimum Gasteiger partial charge on any atom is -0.299 e. The van der Waals surface area contributed by atoms with E-state index in [4.69, 9.17) is 0 Å². The van der Waals surface area contributed by atoms with Gasteiger partial charge in [-0.15, -0.1) is 0 Å². The number of fused-ring (bicyclic) bond motifs is 1. The fourth-order valence-electron chi connectivity index (χ4n) is 2.73. The van der Waals surface area contributed by atoms with Crippen LogP contribution in [0.1, 0.15) is 50.2 Å². The van der Waals surface area contributed by atoms with Crippen molar-refractivity contribution in [1.29, 1.82) is 0 Å². The van der Waals surface area contributed by atoms with Crippen LogP contribution in [0.4, 0.5) is 0 Å². The van der Waals surface area contributed by atoms with Crippen LogP contribution in [-0.2, 0) is 17.6 Å². The topological polar surface area (TPSA) is 17.1 Å². The summed E-state index contributed by atoms with van der Waals surface area (Å²) >= 11 is 0. The summed E-state index contributed by atoms with van der Waals surface area (Å²) in [4.78, 5) is 12.1. The van der Waals surface area contributed by atoms with Gasteiger partial charge in [0, 0.05) is 12.3 Å². The number of unbranched alkanes of at least 4 members (excludes halogenated alkanes) is 2. The Labute approximate surface area is 104 Å². The molecule has 0 aliphatic heterocycles. The Morgan fingerprint density at radius 3 is 2.76 bits per heavy atom. The number of Topliss-reactive ketones (excluding diaryl/α,β-unsaturated/α-hetero) is 1. The fraction of sp³-hybridized carbons (Fsp3) is 0.562. The number of hydrogen-bond acceptors (Lipinski definition) is 1. The zero-order chi connectivity index (χ0) is 12.1. The van der Waals surface area contributed by atoms with Crippen LogP contribution in [0.2, 0.25) is 0 Å². The van der Waals surface area contributed by atoms with Gasteiger partial charge in [0.05, 0.1) is 0 Å². The molecule has 0 saturated heterocycles. The molecule has 0 saturated carbocycles. The molecule has 17 heavy (non-hydrogen) atoms. The van der Waals surface area contributed by atoms with Crippen LogP contribution < -0.4 is 0 Å². The lowest BCUT2D eigenvalue weighted by Crippen LogP contribution is -2.22. The van der Waals surface area contributed by atoms with Gasteiger partial charge in [0.1, 0.15) is 5.78 Å². The third kappa shape index (κ3) is 3.18. The molecular formula is C16H22O. The highest BCUT2D eigenvalue weighted by molar-refractivity contribution is 5.81. The van der Waals surface area contributed by atoms with E-state index in [-0.39, 0.29) is 0 Å². The van der Waals surface area contributed by atoms with Gasteiger partial charge in [-0.3, -0.25) is 4.79 Å². The second kappa shape index (κ2) is 6.00. The maximum Gasteiger partial charge on any atom is 0.136 e. The number of rotatable bonds is 5. The summed E-state index contributed by atoms with van der Waals surface area (Å²) in [5.41, 5.74) is 2.85. The number of ketones is 1. The molecule has 0 aromatic heterocycles. The smallest absolute Gasteiger partial charge is 0.136 e. The van der Waals surface area contributed by atoms with Crippen molar-refractivity contribution in [2.24, 2.45) is 5.92 Å². The zero-order valence-corrected chi connectivity index (χ0v) is 10.7. The molecule has 1 aromatic carbocycles. The Morgan fingerprint density at radius 2 is 2.00 bits per heavy atom. The molecule has 0 N–H and O–H groups in total. The summed E-state index contributed by atoms with van der Waals surface area (Å²) in [5.74, 6) is 0.787. The quantitative estimate of drug-likeness (QED) is 0.700. The van der Waals surface area contributed by atoms with Crippen molar-refractivity contribution in [2.45, 2.75) is 51.9 Å². The average molecular weight is 230 g/mol. The van der Waals surface area contributed by atoms with Gasteiger partial charge < -0.3 is 0 Å². The van der Waals surface area contributed by atoms with Crippen molar-refractivity contribution < 1.29 is 4.79 Å². The molecule has 0 fully saturated rings. The molecule has 0 bridgehead atoms. The predicted octanol–water partition coefficient (Wildman–Crippen LogP) is 3.94. The molecule has 2 rings (SSSR count). The third-order valence-corrected chi connectivity index (χ3v) is 3.83. The van der Waals surface area contributed by atoms with Crippen molar-refractivity contribution in [1.82, 2.24) is 0 Å². The standard InChI is InChI=1S/C16H22O/c1-2-3-4-9-16(17)15-11-10-13-7-5-6-8-14(13)12-15/h5-8,15H,2-4,9-12H2,1H3. The minimum atomic E-state index is 0.293. The van der Waals surface area contributed by atoms with Crippen LogP contribution in [0.25, 0.3) is 0 Å². The normalized spacial score (nSPS) is 18.8. The number of aryl methyl sites for hydroxylation is 1. The van der Waals surface area contributed by atoms with Gasteiger partial charge in [0.15, 0.2) is 0 Å². The second-order valence-electron chi connectivity index (χ2n) is 5.13. The van der Waals surface area contributed by atoms with Gasteiger partial charge in [0.2, 0.25) is 0 Å². The minimum absolute atomic E-state index is 0.293.